The molecule has 0 bridgehead atoms. The molecule has 0 radical (unpaired) electrons. The van der Waals surface area contributed by atoms with Crippen molar-refractivity contribution in [3.63, 3.8) is 0 Å². The Morgan fingerprint density at radius 3 is 2.41 bits per heavy atom. The number of hydrogen-bond acceptors (Lipinski definition) is 8. The molecule has 4 aromatic rings. The fourth-order valence-corrected chi connectivity index (χ4v) is 7.81. The van der Waals surface area contributed by atoms with Crippen LogP contribution in [-0.2, 0) is 26.9 Å². The summed E-state index contributed by atoms with van der Waals surface area (Å²) in [5.41, 5.74) is 5.83. The van der Waals surface area contributed by atoms with E-state index in [1.165, 1.54) is 11.0 Å². The number of nitrogens with zero attached hydrogens (tertiary/aromatic N) is 5. The van der Waals surface area contributed by atoms with Crippen molar-refractivity contribution in [3.8, 4) is 0 Å². The number of para-hydroxylation sites is 1. The number of nitrogens with two attached hydrogens (primary N) is 1. The van der Waals surface area contributed by atoms with Crippen molar-refractivity contribution in [3.05, 3.63) is 69.2 Å². The highest BCUT2D eigenvalue weighted by atomic mass is 35.5. The van der Waals surface area contributed by atoms with Gasteiger partial charge in [-0.05, 0) is 49.4 Å². The van der Waals surface area contributed by atoms with Crippen LogP contribution in [0.15, 0.2) is 47.4 Å². The number of amides is 2. The Kier molecular flexibility index (Phi) is 9.87. The molecule has 272 valence electrons. The molecule has 3 fully saturated rings. The van der Waals surface area contributed by atoms with Crippen LogP contribution in [0.3, 0.4) is 0 Å². The SMILES string of the molecule is Nc1c(Cl)cc(C[C@@H](OC(=O)N2CCC(n3c(=O)[nH]c4c5ccccc5ncc43)CC2)C(=O)N2CCN(C3CCOCC3)CC2)cc1C(F)(F)F. The molecule has 0 saturated carbocycles. The lowest BCUT2D eigenvalue weighted by Gasteiger charge is -2.41. The van der Waals surface area contributed by atoms with Gasteiger partial charge in [0, 0.05) is 76.4 Å². The minimum atomic E-state index is -4.78. The number of anilines is 1. The van der Waals surface area contributed by atoms with Crippen LogP contribution in [-0.4, -0.2) is 106 Å². The normalized spacial score (nSPS) is 19.1. The predicted octanol–water partition coefficient (Wildman–Crippen LogP) is 4.84. The molecule has 3 N–H and O–H groups in total. The van der Waals surface area contributed by atoms with Gasteiger partial charge in [0.2, 0.25) is 0 Å². The molecule has 3 aliphatic rings. The van der Waals surface area contributed by atoms with Crippen LogP contribution in [0.25, 0.3) is 21.9 Å². The molecule has 16 heteroatoms. The lowest BCUT2D eigenvalue weighted by Crippen LogP contribution is -2.55. The Morgan fingerprint density at radius 2 is 1.71 bits per heavy atom. The van der Waals surface area contributed by atoms with E-state index in [0.717, 1.165) is 29.8 Å². The monoisotopic (exact) mass is 729 g/mol. The van der Waals surface area contributed by atoms with E-state index in [2.05, 4.69) is 14.9 Å². The van der Waals surface area contributed by atoms with E-state index < -0.39 is 35.5 Å². The average Bonchev–Trinajstić information content (AvgIpc) is 3.48. The Hall–Kier alpha value is -4.34. The third kappa shape index (κ3) is 7.24. The van der Waals surface area contributed by atoms with Crippen LogP contribution in [0.5, 0.6) is 0 Å². The second-order valence-electron chi connectivity index (χ2n) is 13.4. The lowest BCUT2D eigenvalue weighted by molar-refractivity contribution is -0.143. The van der Waals surface area contributed by atoms with Crippen LogP contribution >= 0.6 is 11.6 Å². The average molecular weight is 730 g/mol. The lowest BCUT2D eigenvalue weighted by atomic mass is 10.0. The molecule has 3 aliphatic heterocycles. The molecule has 5 heterocycles. The summed E-state index contributed by atoms with van der Waals surface area (Å²) in [4.78, 5) is 53.6. The molecule has 0 unspecified atom stereocenters. The molecule has 2 aromatic carbocycles. The third-order valence-corrected chi connectivity index (χ3v) is 10.6. The van der Waals surface area contributed by atoms with Gasteiger partial charge >= 0.3 is 18.0 Å². The zero-order chi connectivity index (χ0) is 35.9. The number of H-pyrrole nitrogens is 1. The van der Waals surface area contributed by atoms with E-state index in [-0.39, 0.29) is 41.8 Å². The van der Waals surface area contributed by atoms with Gasteiger partial charge in [0.05, 0.1) is 39.0 Å². The van der Waals surface area contributed by atoms with Gasteiger partial charge in [-0.1, -0.05) is 29.8 Å². The number of hydrogen-bond donors (Lipinski definition) is 2. The summed E-state index contributed by atoms with van der Waals surface area (Å²) in [6.45, 7) is 3.86. The Morgan fingerprint density at radius 1 is 1.00 bits per heavy atom. The van der Waals surface area contributed by atoms with Gasteiger partial charge in [-0.2, -0.15) is 13.2 Å². The Labute approximate surface area is 296 Å². The van der Waals surface area contributed by atoms with E-state index in [4.69, 9.17) is 26.8 Å². The number of pyridine rings is 1. The third-order valence-electron chi connectivity index (χ3n) is 10.3. The number of piperazine rings is 1. The first-order valence-corrected chi connectivity index (χ1v) is 17.5. The van der Waals surface area contributed by atoms with E-state index in [0.29, 0.717) is 69.3 Å². The van der Waals surface area contributed by atoms with Gasteiger partial charge in [-0.25, -0.2) is 9.59 Å². The zero-order valence-corrected chi connectivity index (χ0v) is 28.6. The molecule has 2 aromatic heterocycles. The number of alkyl halides is 3. The molecular formula is C35H39ClF3N7O5. The van der Waals surface area contributed by atoms with Crippen LogP contribution in [0.1, 0.15) is 42.9 Å². The quantitative estimate of drug-likeness (QED) is 0.269. The Bertz CT molecular complexity index is 1980. The predicted molar refractivity (Wildman–Crippen MR) is 185 cm³/mol. The molecule has 2 amide bonds. The summed E-state index contributed by atoms with van der Waals surface area (Å²) in [5.74, 6) is -0.489. The van der Waals surface area contributed by atoms with E-state index in [1.807, 2.05) is 24.3 Å². The maximum atomic E-state index is 14.0. The number of aromatic nitrogens is 3. The number of carbonyl (C=O) groups is 2. The summed E-state index contributed by atoms with van der Waals surface area (Å²) >= 11 is 6.11. The standard InChI is InChI=1S/C35H39ClF3N7O5/c36-26-18-21(17-25(30(26)40)35(37,38)39)19-29(32(47)44-13-11-43(12-14-44)22-7-15-50-16-8-22)51-34(49)45-9-5-23(6-10-45)46-28-20-41-27-4-2-1-3-24(27)31(28)42-33(46)48/h1-4,17-18,20,22-23,29H,5-16,19,40H2,(H,42,48)/t29-/m1/s1. The van der Waals surface area contributed by atoms with Crippen LogP contribution in [0, 0.1) is 0 Å². The highest BCUT2D eigenvalue weighted by Crippen LogP contribution is 2.38. The fraction of sp³-hybridized carbons (Fsp3) is 0.486. The van der Waals surface area contributed by atoms with Crippen molar-refractivity contribution < 1.29 is 32.2 Å². The highest BCUT2D eigenvalue weighted by Gasteiger charge is 2.37. The second-order valence-corrected chi connectivity index (χ2v) is 13.8. The van der Waals surface area contributed by atoms with Gasteiger partial charge in [0.25, 0.3) is 5.91 Å². The number of nitrogens with one attached hydrogen (secondary N) is 1. The molecular weight excluding hydrogens is 691 g/mol. The maximum absolute atomic E-state index is 14.0. The van der Waals surface area contributed by atoms with E-state index >= 15 is 0 Å². The number of fused-ring (bicyclic) bond motifs is 3. The van der Waals surface area contributed by atoms with Gasteiger partial charge < -0.3 is 30.0 Å². The first-order valence-electron chi connectivity index (χ1n) is 17.2. The largest absolute Gasteiger partial charge is 0.436 e. The molecule has 12 nitrogen and oxygen atoms in total. The second kappa shape index (κ2) is 14.4. The van der Waals surface area contributed by atoms with Crippen molar-refractivity contribution in [2.45, 2.75) is 56.5 Å². The number of likely N-dealkylation sites (tertiary alicyclic amines) is 1. The summed E-state index contributed by atoms with van der Waals surface area (Å²) in [5, 5.41) is 0.525. The number of ether oxygens (including phenoxy) is 2. The number of aromatic amines is 1. The summed E-state index contributed by atoms with van der Waals surface area (Å²) in [7, 11) is 0. The van der Waals surface area contributed by atoms with Crippen LogP contribution in [0.2, 0.25) is 5.02 Å². The number of piperidine rings is 1. The van der Waals surface area contributed by atoms with Crippen molar-refractivity contribution in [2.24, 2.45) is 0 Å². The number of benzene rings is 2. The molecule has 51 heavy (non-hydrogen) atoms. The van der Waals surface area contributed by atoms with Gasteiger partial charge in [0.15, 0.2) is 6.10 Å². The van der Waals surface area contributed by atoms with Crippen LogP contribution in [0.4, 0.5) is 23.7 Å². The topological polar surface area (TPSA) is 139 Å². The van der Waals surface area contributed by atoms with Crippen molar-refractivity contribution in [1.82, 2.24) is 29.2 Å². The van der Waals surface area contributed by atoms with Crippen molar-refractivity contribution in [2.75, 3.05) is 58.2 Å². The van der Waals surface area contributed by atoms with Gasteiger partial charge in [0.1, 0.15) is 0 Å². The molecule has 0 aliphatic carbocycles. The van der Waals surface area contributed by atoms with E-state index in [9.17, 15) is 27.6 Å². The van der Waals surface area contributed by atoms with Crippen molar-refractivity contribution in [1.29, 1.82) is 0 Å². The molecule has 7 rings (SSSR count). The number of carbonyl (C=O) groups excluding carboxylic acids is 2. The first kappa shape index (κ1) is 35.1. The molecule has 0 spiro atoms. The minimum absolute atomic E-state index is 0.0621. The van der Waals surface area contributed by atoms with Crippen molar-refractivity contribution >= 4 is 51.2 Å². The van der Waals surface area contributed by atoms with Gasteiger partial charge in [-0.3, -0.25) is 19.2 Å². The summed E-state index contributed by atoms with van der Waals surface area (Å²) < 4.78 is 54.4. The summed E-state index contributed by atoms with van der Waals surface area (Å²) in [6, 6.07) is 9.79. The number of imidazole rings is 1. The fourth-order valence-electron chi connectivity index (χ4n) is 7.57. The number of rotatable bonds is 6. The van der Waals surface area contributed by atoms with E-state index in [1.54, 1.807) is 15.7 Å². The minimum Gasteiger partial charge on any atom is -0.436 e. The summed E-state index contributed by atoms with van der Waals surface area (Å²) in [6.07, 6.45) is -2.90. The van der Waals surface area contributed by atoms with Gasteiger partial charge in [-0.15, -0.1) is 0 Å². The zero-order valence-electron chi connectivity index (χ0n) is 27.8. The Balaban J connectivity index is 1.07. The highest BCUT2D eigenvalue weighted by molar-refractivity contribution is 6.33. The number of halogens is 4. The molecule has 3 saturated heterocycles. The molecule has 1 atom stereocenters. The maximum Gasteiger partial charge on any atom is 0.418 e. The first-order chi connectivity index (χ1) is 24.5. The van der Waals surface area contributed by atoms with Crippen LogP contribution < -0.4 is 11.4 Å². The smallest absolute Gasteiger partial charge is 0.418 e. The number of nitrogen functional groups attached to an aromatic ring is 1.